The lowest BCUT2D eigenvalue weighted by atomic mass is 9.92. The maximum atomic E-state index is 11.5. The molecular weight excluding hydrogens is 270 g/mol. The molecular formula is C15H21N3O3. The van der Waals surface area contributed by atoms with E-state index in [2.05, 4.69) is 14.9 Å². The van der Waals surface area contributed by atoms with Crippen molar-refractivity contribution in [1.29, 1.82) is 0 Å². The van der Waals surface area contributed by atoms with Crippen molar-refractivity contribution in [2.24, 2.45) is 17.8 Å². The Labute approximate surface area is 124 Å². The summed E-state index contributed by atoms with van der Waals surface area (Å²) in [6.07, 6.45) is 2.32. The summed E-state index contributed by atoms with van der Waals surface area (Å²) >= 11 is 0. The number of ether oxygens (including phenoxy) is 1. The van der Waals surface area contributed by atoms with E-state index in [1.54, 1.807) is 0 Å². The number of hydrogen-bond acceptors (Lipinski definition) is 5. The van der Waals surface area contributed by atoms with Crippen molar-refractivity contribution >= 4 is 11.8 Å². The van der Waals surface area contributed by atoms with E-state index < -0.39 is 5.97 Å². The average Bonchev–Trinajstić information content (AvgIpc) is 3.16. The molecule has 21 heavy (non-hydrogen) atoms. The minimum atomic E-state index is -0.690. The van der Waals surface area contributed by atoms with Crippen LogP contribution in [0.5, 0.6) is 5.88 Å². The van der Waals surface area contributed by atoms with E-state index >= 15 is 0 Å². The number of aliphatic carboxylic acids is 1. The van der Waals surface area contributed by atoms with Gasteiger partial charge < -0.3 is 14.7 Å². The first-order valence-electron chi connectivity index (χ1n) is 7.54. The zero-order chi connectivity index (χ0) is 15.0. The summed E-state index contributed by atoms with van der Waals surface area (Å²) in [7, 11) is 0. The van der Waals surface area contributed by atoms with E-state index in [9.17, 15) is 9.90 Å². The highest BCUT2D eigenvalue weighted by atomic mass is 16.5. The lowest BCUT2D eigenvalue weighted by molar-refractivity contribution is -0.142. The maximum absolute atomic E-state index is 11.5. The monoisotopic (exact) mass is 291 g/mol. The molecule has 2 atom stereocenters. The summed E-state index contributed by atoms with van der Waals surface area (Å²) in [5.41, 5.74) is 0. The van der Waals surface area contributed by atoms with Crippen molar-refractivity contribution in [2.45, 2.75) is 26.7 Å². The van der Waals surface area contributed by atoms with E-state index in [1.165, 1.54) is 0 Å². The molecule has 1 aromatic heterocycles. The highest BCUT2D eigenvalue weighted by Crippen LogP contribution is 2.44. The molecule has 0 spiro atoms. The van der Waals surface area contributed by atoms with Crippen LogP contribution < -0.4 is 9.64 Å². The van der Waals surface area contributed by atoms with Crippen LogP contribution in [0, 0.1) is 24.7 Å². The Balaban J connectivity index is 1.82. The molecule has 6 heteroatoms. The molecule has 1 aliphatic heterocycles. The van der Waals surface area contributed by atoms with Crippen LogP contribution in [0.1, 0.15) is 25.6 Å². The zero-order valence-corrected chi connectivity index (χ0v) is 12.5. The molecule has 114 valence electrons. The zero-order valence-electron chi connectivity index (χ0n) is 12.5. The van der Waals surface area contributed by atoms with Crippen molar-refractivity contribution in [3.05, 3.63) is 11.9 Å². The number of nitrogens with zero attached hydrogens (tertiary/aromatic N) is 3. The van der Waals surface area contributed by atoms with Gasteiger partial charge in [0.25, 0.3) is 0 Å². The predicted molar refractivity (Wildman–Crippen MR) is 77.5 cm³/mol. The van der Waals surface area contributed by atoms with Gasteiger partial charge in [0.05, 0.1) is 12.5 Å². The Morgan fingerprint density at radius 3 is 2.81 bits per heavy atom. The van der Waals surface area contributed by atoms with Crippen LogP contribution in [0.4, 0.5) is 5.82 Å². The van der Waals surface area contributed by atoms with Crippen LogP contribution in [0.15, 0.2) is 6.07 Å². The summed E-state index contributed by atoms with van der Waals surface area (Å²) in [5, 5.41) is 9.43. The predicted octanol–water partition coefficient (Wildman–Crippen LogP) is 1.73. The van der Waals surface area contributed by atoms with Crippen LogP contribution in [-0.2, 0) is 4.79 Å². The van der Waals surface area contributed by atoms with E-state index in [-0.39, 0.29) is 11.8 Å². The first-order chi connectivity index (χ1) is 10.1. The van der Waals surface area contributed by atoms with Crippen LogP contribution in [-0.4, -0.2) is 40.7 Å². The van der Waals surface area contributed by atoms with Crippen molar-refractivity contribution < 1.29 is 14.6 Å². The van der Waals surface area contributed by atoms with Crippen LogP contribution in [0.3, 0.4) is 0 Å². The summed E-state index contributed by atoms with van der Waals surface area (Å²) in [5.74, 6) is 1.83. The van der Waals surface area contributed by atoms with Gasteiger partial charge in [0, 0.05) is 19.2 Å². The highest BCUT2D eigenvalue weighted by Gasteiger charge is 2.46. The van der Waals surface area contributed by atoms with E-state index in [1.807, 2.05) is 19.9 Å². The number of hydrogen-bond donors (Lipinski definition) is 1. The lowest BCUT2D eigenvalue weighted by Gasteiger charge is -2.18. The fourth-order valence-electron chi connectivity index (χ4n) is 3.19. The second-order valence-electron chi connectivity index (χ2n) is 5.90. The molecule has 1 aromatic rings. The van der Waals surface area contributed by atoms with Gasteiger partial charge in [-0.2, -0.15) is 4.98 Å². The normalized spacial score (nSPS) is 25.1. The molecule has 0 radical (unpaired) electrons. The second-order valence-corrected chi connectivity index (χ2v) is 5.90. The van der Waals surface area contributed by atoms with Crippen LogP contribution in [0.2, 0.25) is 0 Å². The molecule has 1 saturated carbocycles. The molecule has 0 unspecified atom stereocenters. The standard InChI is InChI=1S/C15H21N3O3/c1-3-21-14-6-13(16-9(2)17-14)18-7-11(10-4-5-10)12(8-18)15(19)20/h6,10-12H,3-5,7-8H2,1-2H3,(H,19,20)/t11-,12+/m0/s1. The smallest absolute Gasteiger partial charge is 0.308 e. The minimum absolute atomic E-state index is 0.244. The summed E-state index contributed by atoms with van der Waals surface area (Å²) in [6, 6.07) is 1.81. The van der Waals surface area contributed by atoms with Crippen molar-refractivity contribution in [1.82, 2.24) is 9.97 Å². The van der Waals surface area contributed by atoms with Gasteiger partial charge in [0.1, 0.15) is 11.6 Å². The van der Waals surface area contributed by atoms with E-state index in [0.29, 0.717) is 30.8 Å². The number of aromatic nitrogens is 2. The molecule has 0 aromatic carbocycles. The third kappa shape index (κ3) is 2.94. The molecule has 1 aliphatic carbocycles. The minimum Gasteiger partial charge on any atom is -0.481 e. The molecule has 3 rings (SSSR count). The number of carboxylic acid groups (broad SMARTS) is 1. The SMILES string of the molecule is CCOc1cc(N2C[C@@H](C(=O)O)[C@H](C3CC3)C2)nc(C)n1. The van der Waals surface area contributed by atoms with Gasteiger partial charge in [-0.05, 0) is 38.5 Å². The molecule has 2 heterocycles. The number of aryl methyl sites for hydroxylation is 1. The largest absolute Gasteiger partial charge is 0.481 e. The molecule has 2 aliphatic rings. The Morgan fingerprint density at radius 2 is 2.19 bits per heavy atom. The Kier molecular flexibility index (Phi) is 3.69. The summed E-state index contributed by atoms with van der Waals surface area (Å²) < 4.78 is 5.45. The van der Waals surface area contributed by atoms with Crippen molar-refractivity contribution in [3.8, 4) is 5.88 Å². The highest BCUT2D eigenvalue weighted by molar-refractivity contribution is 5.72. The number of anilines is 1. The van der Waals surface area contributed by atoms with Crippen molar-refractivity contribution in [3.63, 3.8) is 0 Å². The molecule has 0 amide bonds. The topological polar surface area (TPSA) is 75.5 Å². The van der Waals surface area contributed by atoms with Gasteiger partial charge in [-0.15, -0.1) is 0 Å². The van der Waals surface area contributed by atoms with Crippen LogP contribution in [0.25, 0.3) is 0 Å². The Morgan fingerprint density at radius 1 is 1.43 bits per heavy atom. The quantitative estimate of drug-likeness (QED) is 0.890. The third-order valence-corrected chi connectivity index (χ3v) is 4.33. The number of carboxylic acids is 1. The molecule has 1 saturated heterocycles. The number of carbonyl (C=O) groups is 1. The van der Waals surface area contributed by atoms with Gasteiger partial charge in [-0.3, -0.25) is 4.79 Å². The molecule has 6 nitrogen and oxygen atoms in total. The van der Waals surface area contributed by atoms with Gasteiger partial charge in [-0.1, -0.05) is 0 Å². The second kappa shape index (κ2) is 5.50. The van der Waals surface area contributed by atoms with Crippen LogP contribution >= 0.6 is 0 Å². The van der Waals surface area contributed by atoms with Gasteiger partial charge >= 0.3 is 5.97 Å². The molecule has 2 fully saturated rings. The van der Waals surface area contributed by atoms with Gasteiger partial charge in [-0.25, -0.2) is 4.98 Å². The average molecular weight is 291 g/mol. The first-order valence-corrected chi connectivity index (χ1v) is 7.54. The maximum Gasteiger partial charge on any atom is 0.308 e. The number of rotatable bonds is 5. The summed E-state index contributed by atoms with van der Waals surface area (Å²) in [6.45, 7) is 5.59. The Hall–Kier alpha value is -1.85. The molecule has 1 N–H and O–H groups in total. The fraction of sp³-hybridized carbons (Fsp3) is 0.667. The Bertz CT molecular complexity index is 545. The van der Waals surface area contributed by atoms with Gasteiger partial charge in [0.15, 0.2) is 0 Å². The molecule has 0 bridgehead atoms. The van der Waals surface area contributed by atoms with Gasteiger partial charge in [0.2, 0.25) is 5.88 Å². The van der Waals surface area contributed by atoms with E-state index in [4.69, 9.17) is 4.74 Å². The summed E-state index contributed by atoms with van der Waals surface area (Å²) in [4.78, 5) is 22.2. The fourth-order valence-corrected chi connectivity index (χ4v) is 3.19. The third-order valence-electron chi connectivity index (χ3n) is 4.33. The van der Waals surface area contributed by atoms with E-state index in [0.717, 1.165) is 25.2 Å². The lowest BCUT2D eigenvalue weighted by Crippen LogP contribution is -2.24. The van der Waals surface area contributed by atoms with Crippen molar-refractivity contribution in [2.75, 3.05) is 24.6 Å². The first kappa shape index (κ1) is 14.1.